The fraction of sp³-hybridized carbons (Fsp3) is 0.500. The Labute approximate surface area is 153 Å². The summed E-state index contributed by atoms with van der Waals surface area (Å²) >= 11 is 7.80. The van der Waals surface area contributed by atoms with Crippen molar-refractivity contribution in [2.24, 2.45) is 4.99 Å². The lowest BCUT2D eigenvalue weighted by atomic mass is 10.1. The van der Waals surface area contributed by atoms with Crippen LogP contribution in [0.25, 0.3) is 0 Å². The van der Waals surface area contributed by atoms with Crippen molar-refractivity contribution < 1.29 is 4.74 Å². The van der Waals surface area contributed by atoms with E-state index in [1.165, 1.54) is 0 Å². The van der Waals surface area contributed by atoms with Crippen molar-refractivity contribution in [3.8, 4) is 0 Å². The number of methoxy groups -OCH3 is 1. The third-order valence-corrected chi connectivity index (χ3v) is 3.63. The summed E-state index contributed by atoms with van der Waals surface area (Å²) in [5.41, 5.74) is 1.05. The Kier molecular flexibility index (Phi) is 12.3. The summed E-state index contributed by atoms with van der Waals surface area (Å²) in [7, 11) is 3.45. The fourth-order valence-electron chi connectivity index (χ4n) is 1.73. The maximum Gasteiger partial charge on any atom is 0.191 e. The molecule has 0 heterocycles. The predicted octanol–water partition coefficient (Wildman–Crippen LogP) is 3.17. The highest BCUT2D eigenvalue weighted by Gasteiger charge is 2.11. The van der Waals surface area contributed by atoms with Crippen LogP contribution >= 0.6 is 47.3 Å². The summed E-state index contributed by atoms with van der Waals surface area (Å²) < 4.78 is 5.50. The molecule has 120 valence electrons. The van der Waals surface area contributed by atoms with Gasteiger partial charge in [0.25, 0.3) is 0 Å². The Balaban J connectivity index is 0.00000400. The average Bonchev–Trinajstić information content (AvgIpc) is 2.46. The number of nitrogens with one attached hydrogen (secondary N) is 2. The minimum Gasteiger partial charge on any atom is -0.375 e. The predicted molar refractivity (Wildman–Crippen MR) is 104 cm³/mol. The van der Waals surface area contributed by atoms with Gasteiger partial charge in [-0.2, -0.15) is 11.8 Å². The van der Waals surface area contributed by atoms with Gasteiger partial charge < -0.3 is 15.4 Å². The van der Waals surface area contributed by atoms with E-state index in [1.807, 2.05) is 24.3 Å². The molecule has 0 bridgehead atoms. The highest BCUT2D eigenvalue weighted by molar-refractivity contribution is 14.0. The van der Waals surface area contributed by atoms with Crippen LogP contribution in [0.4, 0.5) is 0 Å². The van der Waals surface area contributed by atoms with Gasteiger partial charge in [0.1, 0.15) is 0 Å². The third-order valence-electron chi connectivity index (χ3n) is 2.78. The lowest BCUT2D eigenvalue weighted by Crippen LogP contribution is -2.40. The summed E-state index contributed by atoms with van der Waals surface area (Å²) in [6.45, 7) is 1.52. The first-order valence-corrected chi connectivity index (χ1v) is 8.20. The van der Waals surface area contributed by atoms with E-state index in [1.54, 1.807) is 25.9 Å². The van der Waals surface area contributed by atoms with Crippen molar-refractivity contribution in [1.82, 2.24) is 10.6 Å². The van der Waals surface area contributed by atoms with Crippen molar-refractivity contribution in [2.45, 2.75) is 6.10 Å². The second kappa shape index (κ2) is 12.4. The molecule has 1 unspecified atom stereocenters. The van der Waals surface area contributed by atoms with Crippen LogP contribution in [0.2, 0.25) is 5.02 Å². The van der Waals surface area contributed by atoms with Crippen LogP contribution in [-0.4, -0.2) is 45.2 Å². The molecule has 1 atom stereocenters. The summed E-state index contributed by atoms with van der Waals surface area (Å²) in [6.07, 6.45) is 2.02. The van der Waals surface area contributed by atoms with Gasteiger partial charge in [-0.15, -0.1) is 24.0 Å². The number of ether oxygens (including phenoxy) is 1. The van der Waals surface area contributed by atoms with E-state index in [0.717, 1.165) is 23.8 Å². The molecule has 4 nitrogen and oxygen atoms in total. The van der Waals surface area contributed by atoms with Gasteiger partial charge in [-0.3, -0.25) is 4.99 Å². The average molecular weight is 444 g/mol. The molecule has 0 spiro atoms. The smallest absolute Gasteiger partial charge is 0.191 e. The third kappa shape index (κ3) is 8.13. The molecule has 0 radical (unpaired) electrons. The number of nitrogens with zero attached hydrogens (tertiary/aromatic N) is 1. The quantitative estimate of drug-likeness (QED) is 0.294. The molecule has 7 heteroatoms. The minimum atomic E-state index is -0.0622. The molecule has 0 saturated heterocycles. The zero-order valence-electron chi connectivity index (χ0n) is 12.6. The zero-order valence-corrected chi connectivity index (χ0v) is 16.5. The lowest BCUT2D eigenvalue weighted by Gasteiger charge is -2.19. The number of guanidine groups is 1. The van der Waals surface area contributed by atoms with E-state index in [2.05, 4.69) is 21.9 Å². The molecule has 1 aromatic carbocycles. The standard InChI is InChI=1S/C14H22ClN3OS.HI/c1-16-14(17-7-8-20-3)18-10-13(19-2)11-5-4-6-12(15)9-11;/h4-6,9,13H,7-8,10H2,1-3H3,(H2,16,17,18);1H. The highest BCUT2D eigenvalue weighted by Crippen LogP contribution is 2.19. The number of aliphatic imine (C=N–C) groups is 1. The van der Waals surface area contributed by atoms with Crippen LogP contribution in [0.5, 0.6) is 0 Å². The Morgan fingerprint density at radius 3 is 2.76 bits per heavy atom. The van der Waals surface area contributed by atoms with Gasteiger partial charge in [-0.1, -0.05) is 23.7 Å². The van der Waals surface area contributed by atoms with E-state index in [0.29, 0.717) is 11.6 Å². The fourth-order valence-corrected chi connectivity index (χ4v) is 2.23. The van der Waals surface area contributed by atoms with Crippen LogP contribution in [0.15, 0.2) is 29.3 Å². The van der Waals surface area contributed by atoms with Crippen molar-refractivity contribution in [2.75, 3.05) is 39.3 Å². The Bertz CT molecular complexity index is 434. The second-order valence-electron chi connectivity index (χ2n) is 4.15. The van der Waals surface area contributed by atoms with E-state index < -0.39 is 0 Å². The molecule has 0 saturated carbocycles. The maximum atomic E-state index is 6.01. The van der Waals surface area contributed by atoms with E-state index in [-0.39, 0.29) is 30.1 Å². The van der Waals surface area contributed by atoms with Gasteiger partial charge in [0, 0.05) is 38.0 Å². The molecule has 0 fully saturated rings. The minimum absolute atomic E-state index is 0. The van der Waals surface area contributed by atoms with Gasteiger partial charge in [0.05, 0.1) is 6.10 Å². The molecular weight excluding hydrogens is 421 g/mol. The van der Waals surface area contributed by atoms with Gasteiger partial charge in [-0.05, 0) is 24.0 Å². The summed E-state index contributed by atoms with van der Waals surface area (Å²) in [5, 5.41) is 7.22. The second-order valence-corrected chi connectivity index (χ2v) is 5.57. The molecule has 0 aliphatic heterocycles. The van der Waals surface area contributed by atoms with Crippen molar-refractivity contribution in [3.05, 3.63) is 34.9 Å². The van der Waals surface area contributed by atoms with Crippen LogP contribution in [0.1, 0.15) is 11.7 Å². The van der Waals surface area contributed by atoms with Gasteiger partial charge in [0.15, 0.2) is 5.96 Å². The van der Waals surface area contributed by atoms with Gasteiger partial charge in [-0.25, -0.2) is 0 Å². The van der Waals surface area contributed by atoms with Crippen molar-refractivity contribution >= 4 is 53.3 Å². The summed E-state index contributed by atoms with van der Waals surface area (Å²) in [6, 6.07) is 7.70. The van der Waals surface area contributed by atoms with Gasteiger partial charge >= 0.3 is 0 Å². The van der Waals surface area contributed by atoms with E-state index in [9.17, 15) is 0 Å². The molecule has 0 amide bonds. The number of rotatable bonds is 7. The first-order chi connectivity index (χ1) is 9.71. The monoisotopic (exact) mass is 443 g/mol. The number of halogens is 2. The van der Waals surface area contributed by atoms with Crippen LogP contribution in [0, 0.1) is 0 Å². The molecule has 2 N–H and O–H groups in total. The number of hydrogen-bond donors (Lipinski definition) is 2. The van der Waals surface area contributed by atoms with Crippen LogP contribution < -0.4 is 10.6 Å². The molecule has 1 aromatic rings. The summed E-state index contributed by atoms with van der Waals surface area (Å²) in [4.78, 5) is 4.18. The first kappa shape index (κ1) is 20.8. The number of hydrogen-bond acceptors (Lipinski definition) is 3. The summed E-state index contributed by atoms with van der Waals surface area (Å²) in [5.74, 6) is 1.83. The molecule has 0 aliphatic rings. The van der Waals surface area contributed by atoms with Crippen LogP contribution in [-0.2, 0) is 4.74 Å². The van der Waals surface area contributed by atoms with Gasteiger partial charge in [0.2, 0.25) is 0 Å². The number of benzene rings is 1. The molecule has 1 rings (SSSR count). The largest absolute Gasteiger partial charge is 0.375 e. The van der Waals surface area contributed by atoms with E-state index in [4.69, 9.17) is 16.3 Å². The number of thioether (sulfide) groups is 1. The highest BCUT2D eigenvalue weighted by atomic mass is 127. The Morgan fingerprint density at radius 1 is 1.43 bits per heavy atom. The SMILES string of the molecule is CN=C(NCCSC)NCC(OC)c1cccc(Cl)c1.I. The zero-order chi connectivity index (χ0) is 14.8. The van der Waals surface area contributed by atoms with E-state index >= 15 is 0 Å². The molecule has 21 heavy (non-hydrogen) atoms. The topological polar surface area (TPSA) is 45.7 Å². The normalized spacial score (nSPS) is 12.5. The Morgan fingerprint density at radius 2 is 2.19 bits per heavy atom. The van der Waals surface area contributed by atoms with Crippen molar-refractivity contribution in [3.63, 3.8) is 0 Å². The Hall–Kier alpha value is -0.180. The van der Waals surface area contributed by atoms with Crippen molar-refractivity contribution in [1.29, 1.82) is 0 Å². The van der Waals surface area contributed by atoms with Crippen LogP contribution in [0.3, 0.4) is 0 Å². The first-order valence-electron chi connectivity index (χ1n) is 6.43. The molecule has 0 aliphatic carbocycles. The molecular formula is C14H23ClIN3OS. The maximum absolute atomic E-state index is 6.01. The lowest BCUT2D eigenvalue weighted by molar-refractivity contribution is 0.106. The molecule has 0 aromatic heterocycles.